The van der Waals surface area contributed by atoms with Crippen LogP contribution in [0.2, 0.25) is 0 Å². The number of rotatable bonds is 3. The third kappa shape index (κ3) is 3.13. The molecule has 0 atom stereocenters. The number of pyridine rings is 1. The number of nitrogens with zero attached hydrogens (tertiary/aromatic N) is 3. The zero-order valence-electron chi connectivity index (χ0n) is 12.3. The molecule has 3 nitrogen and oxygen atoms in total. The summed E-state index contributed by atoms with van der Waals surface area (Å²) < 4.78 is 0. The molecule has 0 unspecified atom stereocenters. The Bertz CT molecular complexity index is 606. The Morgan fingerprint density at radius 3 is 2.57 bits per heavy atom. The third-order valence-electron chi connectivity index (χ3n) is 4.01. The number of aryl methyl sites for hydroxylation is 1. The first kappa shape index (κ1) is 14.2. The van der Waals surface area contributed by atoms with Gasteiger partial charge in [-0.1, -0.05) is 12.1 Å². The van der Waals surface area contributed by atoms with Crippen molar-refractivity contribution in [2.24, 2.45) is 0 Å². The van der Waals surface area contributed by atoms with Gasteiger partial charge in [-0.15, -0.1) is 11.6 Å². The SMILES string of the molecule is Cc1cccc(N2CCN(c3ccncc3CCl)CC2)c1. The van der Waals surface area contributed by atoms with Crippen LogP contribution in [0, 0.1) is 6.92 Å². The molecular weight excluding hydrogens is 282 g/mol. The monoisotopic (exact) mass is 301 g/mol. The van der Waals surface area contributed by atoms with E-state index >= 15 is 0 Å². The van der Waals surface area contributed by atoms with E-state index in [1.54, 1.807) is 0 Å². The van der Waals surface area contributed by atoms with Gasteiger partial charge in [-0.2, -0.15) is 0 Å². The molecule has 1 saturated heterocycles. The van der Waals surface area contributed by atoms with Crippen LogP contribution in [0.5, 0.6) is 0 Å². The molecule has 4 heteroatoms. The Morgan fingerprint density at radius 2 is 1.86 bits per heavy atom. The van der Waals surface area contributed by atoms with Crippen LogP contribution in [0.3, 0.4) is 0 Å². The van der Waals surface area contributed by atoms with Gasteiger partial charge in [-0.05, 0) is 30.7 Å². The van der Waals surface area contributed by atoms with Crippen molar-refractivity contribution in [1.82, 2.24) is 4.98 Å². The fourth-order valence-corrected chi connectivity index (χ4v) is 3.07. The minimum absolute atomic E-state index is 0.515. The molecule has 1 aromatic carbocycles. The van der Waals surface area contributed by atoms with Crippen molar-refractivity contribution in [1.29, 1.82) is 0 Å². The molecule has 0 radical (unpaired) electrons. The largest absolute Gasteiger partial charge is 0.368 e. The molecule has 1 aliphatic heterocycles. The third-order valence-corrected chi connectivity index (χ3v) is 4.30. The highest BCUT2D eigenvalue weighted by Gasteiger charge is 2.19. The maximum atomic E-state index is 6.02. The number of anilines is 2. The summed E-state index contributed by atoms with van der Waals surface area (Å²) in [5, 5.41) is 0. The topological polar surface area (TPSA) is 19.4 Å². The van der Waals surface area contributed by atoms with E-state index in [1.807, 2.05) is 12.4 Å². The highest BCUT2D eigenvalue weighted by atomic mass is 35.5. The van der Waals surface area contributed by atoms with Gasteiger partial charge in [-0.25, -0.2) is 0 Å². The second kappa shape index (κ2) is 6.35. The molecule has 2 heterocycles. The van der Waals surface area contributed by atoms with Crippen LogP contribution in [-0.4, -0.2) is 31.2 Å². The summed E-state index contributed by atoms with van der Waals surface area (Å²) in [4.78, 5) is 9.02. The molecule has 2 aromatic rings. The van der Waals surface area contributed by atoms with Crippen molar-refractivity contribution in [3.63, 3.8) is 0 Å². The predicted molar refractivity (Wildman–Crippen MR) is 89.4 cm³/mol. The summed E-state index contributed by atoms with van der Waals surface area (Å²) >= 11 is 6.02. The lowest BCUT2D eigenvalue weighted by molar-refractivity contribution is 0.651. The van der Waals surface area contributed by atoms with Crippen molar-refractivity contribution < 1.29 is 0 Å². The van der Waals surface area contributed by atoms with E-state index in [0.29, 0.717) is 5.88 Å². The number of alkyl halides is 1. The predicted octanol–water partition coefficient (Wildman–Crippen LogP) is 3.46. The van der Waals surface area contributed by atoms with Crippen LogP contribution < -0.4 is 9.80 Å². The number of aromatic nitrogens is 1. The minimum atomic E-state index is 0.515. The summed E-state index contributed by atoms with van der Waals surface area (Å²) in [5.74, 6) is 0.515. The fourth-order valence-electron chi connectivity index (χ4n) is 2.86. The maximum Gasteiger partial charge on any atom is 0.0509 e. The van der Waals surface area contributed by atoms with Gasteiger partial charge < -0.3 is 9.80 Å². The molecule has 3 rings (SSSR count). The van der Waals surface area contributed by atoms with Crippen LogP contribution >= 0.6 is 11.6 Å². The minimum Gasteiger partial charge on any atom is -0.368 e. The normalized spacial score (nSPS) is 15.3. The zero-order valence-corrected chi connectivity index (χ0v) is 13.1. The Balaban J connectivity index is 1.70. The van der Waals surface area contributed by atoms with E-state index in [0.717, 1.165) is 31.7 Å². The fraction of sp³-hybridized carbons (Fsp3) is 0.353. The van der Waals surface area contributed by atoms with Gasteiger partial charge in [0.25, 0.3) is 0 Å². The smallest absolute Gasteiger partial charge is 0.0509 e. The van der Waals surface area contributed by atoms with E-state index in [4.69, 9.17) is 11.6 Å². The second-order valence-corrected chi connectivity index (χ2v) is 5.72. The average Bonchev–Trinajstić information content (AvgIpc) is 2.55. The highest BCUT2D eigenvalue weighted by molar-refractivity contribution is 6.17. The first-order valence-electron chi connectivity index (χ1n) is 7.33. The van der Waals surface area contributed by atoms with Gasteiger partial charge in [0.2, 0.25) is 0 Å². The van der Waals surface area contributed by atoms with Crippen LogP contribution in [0.4, 0.5) is 11.4 Å². The van der Waals surface area contributed by atoms with E-state index in [2.05, 4.69) is 52.0 Å². The summed E-state index contributed by atoms with van der Waals surface area (Å²) in [7, 11) is 0. The van der Waals surface area contributed by atoms with E-state index in [9.17, 15) is 0 Å². The molecule has 110 valence electrons. The summed E-state index contributed by atoms with van der Waals surface area (Å²) in [5.41, 5.74) is 4.97. The molecule has 1 aliphatic rings. The zero-order chi connectivity index (χ0) is 14.7. The van der Waals surface area contributed by atoms with Gasteiger partial charge in [0, 0.05) is 55.5 Å². The summed E-state index contributed by atoms with van der Waals surface area (Å²) in [6.07, 6.45) is 3.72. The van der Waals surface area contributed by atoms with Crippen molar-refractivity contribution >= 4 is 23.0 Å². The van der Waals surface area contributed by atoms with Crippen molar-refractivity contribution in [3.05, 3.63) is 53.9 Å². The standard InChI is InChI=1S/C17H20ClN3/c1-14-3-2-4-16(11-14)20-7-9-21(10-8-20)17-5-6-19-13-15(17)12-18/h2-6,11,13H,7-10,12H2,1H3. The Kier molecular flexibility index (Phi) is 4.30. The lowest BCUT2D eigenvalue weighted by Gasteiger charge is -2.38. The van der Waals surface area contributed by atoms with E-state index in [1.165, 1.54) is 16.9 Å². The molecule has 0 amide bonds. The van der Waals surface area contributed by atoms with Crippen molar-refractivity contribution in [3.8, 4) is 0 Å². The van der Waals surface area contributed by atoms with Crippen LogP contribution in [0.15, 0.2) is 42.7 Å². The molecular formula is C17H20ClN3. The molecule has 0 bridgehead atoms. The number of piperazine rings is 1. The number of benzene rings is 1. The molecule has 0 spiro atoms. The van der Waals surface area contributed by atoms with Crippen LogP contribution in [-0.2, 0) is 5.88 Å². The number of halogens is 1. The number of hydrogen-bond acceptors (Lipinski definition) is 3. The molecule has 0 aliphatic carbocycles. The summed E-state index contributed by atoms with van der Waals surface area (Å²) in [6, 6.07) is 10.8. The molecule has 0 saturated carbocycles. The Morgan fingerprint density at radius 1 is 1.10 bits per heavy atom. The maximum absolute atomic E-state index is 6.02. The van der Waals surface area contributed by atoms with Crippen molar-refractivity contribution in [2.75, 3.05) is 36.0 Å². The lowest BCUT2D eigenvalue weighted by Crippen LogP contribution is -2.46. The average molecular weight is 302 g/mol. The van der Waals surface area contributed by atoms with E-state index < -0.39 is 0 Å². The van der Waals surface area contributed by atoms with Gasteiger partial charge in [0.1, 0.15) is 0 Å². The Hall–Kier alpha value is -1.74. The number of hydrogen-bond donors (Lipinski definition) is 0. The second-order valence-electron chi connectivity index (χ2n) is 5.45. The van der Waals surface area contributed by atoms with Gasteiger partial charge in [0.05, 0.1) is 5.88 Å². The van der Waals surface area contributed by atoms with Gasteiger partial charge >= 0.3 is 0 Å². The van der Waals surface area contributed by atoms with Crippen molar-refractivity contribution in [2.45, 2.75) is 12.8 Å². The lowest BCUT2D eigenvalue weighted by atomic mass is 10.1. The van der Waals surface area contributed by atoms with Crippen LogP contribution in [0.1, 0.15) is 11.1 Å². The molecule has 1 fully saturated rings. The van der Waals surface area contributed by atoms with Crippen LogP contribution in [0.25, 0.3) is 0 Å². The molecule has 0 N–H and O–H groups in total. The highest BCUT2D eigenvalue weighted by Crippen LogP contribution is 2.24. The van der Waals surface area contributed by atoms with Gasteiger partial charge in [0.15, 0.2) is 0 Å². The summed E-state index contributed by atoms with van der Waals surface area (Å²) in [6.45, 7) is 6.24. The Labute approximate surface area is 131 Å². The van der Waals surface area contributed by atoms with E-state index in [-0.39, 0.29) is 0 Å². The van der Waals surface area contributed by atoms with Gasteiger partial charge in [-0.3, -0.25) is 4.98 Å². The quantitative estimate of drug-likeness (QED) is 0.810. The first-order valence-corrected chi connectivity index (χ1v) is 7.87. The molecule has 21 heavy (non-hydrogen) atoms. The first-order chi connectivity index (χ1) is 10.3. The molecule has 1 aromatic heterocycles.